The highest BCUT2D eigenvalue weighted by Crippen LogP contribution is 2.55. The molecule has 0 N–H and O–H groups in total. The highest BCUT2D eigenvalue weighted by molar-refractivity contribution is 7.99. The van der Waals surface area contributed by atoms with Crippen LogP contribution in [-0.2, 0) is 9.48 Å². The molecule has 1 saturated heterocycles. The van der Waals surface area contributed by atoms with Crippen molar-refractivity contribution in [3.63, 3.8) is 0 Å². The van der Waals surface area contributed by atoms with E-state index in [9.17, 15) is 0 Å². The smallest absolute Gasteiger partial charge is 0.224 e. The zero-order chi connectivity index (χ0) is 13.5. The number of anilines is 1. The van der Waals surface area contributed by atoms with Gasteiger partial charge >= 0.3 is 0 Å². The molecular weight excluding hydrogens is 282 g/mol. The Balaban J connectivity index is 1.93. The summed E-state index contributed by atoms with van der Waals surface area (Å²) in [6, 6.07) is 2.44. The summed E-state index contributed by atoms with van der Waals surface area (Å²) in [5, 5.41) is 0.353. The van der Waals surface area contributed by atoms with Crippen molar-refractivity contribution in [2.45, 2.75) is 30.6 Å². The van der Waals surface area contributed by atoms with E-state index in [1.807, 2.05) is 11.8 Å². The quantitative estimate of drug-likeness (QED) is 0.802. The van der Waals surface area contributed by atoms with E-state index in [4.69, 9.17) is 16.3 Å². The minimum Gasteiger partial charge on any atom is -0.377 e. The third-order valence-electron chi connectivity index (χ3n) is 3.91. The van der Waals surface area contributed by atoms with Gasteiger partial charge < -0.3 is 9.64 Å². The zero-order valence-electron chi connectivity index (χ0n) is 11.2. The van der Waals surface area contributed by atoms with Crippen LogP contribution in [0.3, 0.4) is 0 Å². The van der Waals surface area contributed by atoms with E-state index in [1.165, 1.54) is 12.8 Å². The molecular formula is C13H18ClN3OS. The molecule has 1 aliphatic carbocycles. The molecule has 1 aliphatic heterocycles. The Morgan fingerprint density at radius 3 is 2.89 bits per heavy atom. The lowest BCUT2D eigenvalue weighted by Crippen LogP contribution is -2.44. The molecule has 1 aromatic rings. The second-order valence-electron chi connectivity index (χ2n) is 5.20. The molecule has 0 amide bonds. The first kappa shape index (κ1) is 13.5. The molecule has 19 heavy (non-hydrogen) atoms. The fraction of sp³-hybridized carbons (Fsp3) is 0.692. The molecule has 0 aromatic carbocycles. The van der Waals surface area contributed by atoms with Crippen LogP contribution in [0, 0.1) is 0 Å². The molecule has 2 aliphatic rings. The van der Waals surface area contributed by atoms with Crippen LogP contribution in [0.25, 0.3) is 0 Å². The average Bonchev–Trinajstić information content (AvgIpc) is 3.19. The Hall–Kier alpha value is -0.520. The monoisotopic (exact) mass is 299 g/mol. The average molecular weight is 300 g/mol. The van der Waals surface area contributed by atoms with Gasteiger partial charge in [0.2, 0.25) is 5.28 Å². The van der Waals surface area contributed by atoms with Crippen LogP contribution in [0.15, 0.2) is 6.07 Å². The lowest BCUT2D eigenvalue weighted by atomic mass is 10.2. The van der Waals surface area contributed by atoms with Crippen LogP contribution in [0.4, 0.5) is 5.82 Å². The number of nitrogens with zero attached hydrogens (tertiary/aromatic N) is 3. The van der Waals surface area contributed by atoms with Crippen LogP contribution in [0.2, 0.25) is 5.28 Å². The molecule has 0 spiro atoms. The van der Waals surface area contributed by atoms with E-state index in [0.717, 1.165) is 31.3 Å². The topological polar surface area (TPSA) is 38.2 Å². The van der Waals surface area contributed by atoms with E-state index in [2.05, 4.69) is 34.1 Å². The largest absolute Gasteiger partial charge is 0.377 e. The Morgan fingerprint density at radius 2 is 2.26 bits per heavy atom. The Bertz CT molecular complexity index is 481. The van der Waals surface area contributed by atoms with Gasteiger partial charge in [-0.2, -0.15) is 11.8 Å². The first-order valence-corrected chi connectivity index (χ1v) is 8.19. The summed E-state index contributed by atoms with van der Waals surface area (Å²) in [5.74, 6) is 0.936. The standard InChI is InChI=1S/C13H18ClN3OS/c1-9-8-18-6-5-17(9)11-7-10(15-12(14)16-11)13(19-2)3-4-13/h7,9H,3-6,8H2,1-2H3/t9-/m1/s1. The molecule has 3 rings (SSSR count). The molecule has 4 nitrogen and oxygen atoms in total. The van der Waals surface area contributed by atoms with E-state index in [1.54, 1.807) is 0 Å². The van der Waals surface area contributed by atoms with Crippen LogP contribution in [0.1, 0.15) is 25.5 Å². The summed E-state index contributed by atoms with van der Waals surface area (Å²) in [7, 11) is 0. The minimum atomic E-state index is 0.177. The Morgan fingerprint density at radius 1 is 1.47 bits per heavy atom. The van der Waals surface area contributed by atoms with Gasteiger partial charge in [-0.05, 0) is 37.6 Å². The molecule has 104 valence electrons. The number of hydrogen-bond donors (Lipinski definition) is 0. The molecule has 2 fully saturated rings. The van der Waals surface area contributed by atoms with Crippen molar-refractivity contribution in [2.24, 2.45) is 0 Å². The molecule has 0 unspecified atom stereocenters. The van der Waals surface area contributed by atoms with Crippen molar-refractivity contribution in [2.75, 3.05) is 30.9 Å². The third kappa shape index (κ3) is 2.56. The molecule has 0 bridgehead atoms. The maximum absolute atomic E-state index is 6.12. The van der Waals surface area contributed by atoms with Crippen molar-refractivity contribution in [3.05, 3.63) is 17.0 Å². The van der Waals surface area contributed by atoms with E-state index >= 15 is 0 Å². The lowest BCUT2D eigenvalue weighted by molar-refractivity contribution is 0.0985. The maximum Gasteiger partial charge on any atom is 0.224 e. The summed E-state index contributed by atoms with van der Waals surface area (Å²) in [5.41, 5.74) is 1.08. The second kappa shape index (κ2) is 5.11. The summed E-state index contributed by atoms with van der Waals surface area (Å²) in [4.78, 5) is 11.1. The van der Waals surface area contributed by atoms with Crippen molar-refractivity contribution in [1.29, 1.82) is 0 Å². The molecule has 1 saturated carbocycles. The molecule has 2 heterocycles. The van der Waals surface area contributed by atoms with Crippen molar-refractivity contribution in [3.8, 4) is 0 Å². The van der Waals surface area contributed by atoms with Crippen molar-refractivity contribution >= 4 is 29.2 Å². The van der Waals surface area contributed by atoms with Gasteiger partial charge in [0.15, 0.2) is 0 Å². The van der Waals surface area contributed by atoms with Gasteiger partial charge in [0.05, 0.1) is 29.7 Å². The summed E-state index contributed by atoms with van der Waals surface area (Å²) in [6.45, 7) is 4.50. The second-order valence-corrected chi connectivity index (χ2v) is 6.72. The number of thioether (sulfide) groups is 1. The summed E-state index contributed by atoms with van der Waals surface area (Å²) < 4.78 is 5.65. The maximum atomic E-state index is 6.12. The van der Waals surface area contributed by atoms with Gasteiger partial charge in [0, 0.05) is 12.6 Å². The number of halogens is 1. The molecule has 0 radical (unpaired) electrons. The van der Waals surface area contributed by atoms with Crippen LogP contribution in [-0.4, -0.2) is 42.0 Å². The van der Waals surface area contributed by atoms with E-state index in [-0.39, 0.29) is 4.75 Å². The SMILES string of the molecule is CSC1(c2cc(N3CCOC[C@H]3C)nc(Cl)n2)CC1. The van der Waals surface area contributed by atoms with Gasteiger partial charge in [-0.25, -0.2) is 9.97 Å². The van der Waals surface area contributed by atoms with Crippen LogP contribution >= 0.6 is 23.4 Å². The lowest BCUT2D eigenvalue weighted by Gasteiger charge is -2.34. The molecule has 1 aromatic heterocycles. The third-order valence-corrected chi connectivity index (χ3v) is 5.48. The van der Waals surface area contributed by atoms with Crippen molar-refractivity contribution in [1.82, 2.24) is 9.97 Å². The van der Waals surface area contributed by atoms with Crippen LogP contribution in [0.5, 0.6) is 0 Å². The van der Waals surface area contributed by atoms with E-state index in [0.29, 0.717) is 11.3 Å². The predicted octanol–water partition coefficient (Wildman–Crippen LogP) is 2.71. The minimum absolute atomic E-state index is 0.177. The Kier molecular flexibility index (Phi) is 3.62. The number of rotatable bonds is 3. The fourth-order valence-electron chi connectivity index (χ4n) is 2.53. The van der Waals surface area contributed by atoms with Gasteiger partial charge in [0.25, 0.3) is 0 Å². The first-order chi connectivity index (χ1) is 9.14. The molecule has 6 heteroatoms. The van der Waals surface area contributed by atoms with Crippen molar-refractivity contribution < 1.29 is 4.74 Å². The molecule has 1 atom stereocenters. The number of ether oxygens (including phenoxy) is 1. The van der Waals surface area contributed by atoms with Gasteiger partial charge in [-0.3, -0.25) is 0 Å². The summed E-state index contributed by atoms with van der Waals surface area (Å²) in [6.07, 6.45) is 4.50. The van der Waals surface area contributed by atoms with Gasteiger partial charge in [-0.1, -0.05) is 0 Å². The zero-order valence-corrected chi connectivity index (χ0v) is 12.8. The highest BCUT2D eigenvalue weighted by Gasteiger charge is 2.45. The Labute approximate surface area is 122 Å². The highest BCUT2D eigenvalue weighted by atomic mass is 35.5. The van der Waals surface area contributed by atoms with Gasteiger partial charge in [-0.15, -0.1) is 0 Å². The number of hydrogen-bond acceptors (Lipinski definition) is 5. The first-order valence-electron chi connectivity index (χ1n) is 6.59. The van der Waals surface area contributed by atoms with E-state index < -0.39 is 0 Å². The number of aromatic nitrogens is 2. The van der Waals surface area contributed by atoms with Crippen LogP contribution < -0.4 is 4.90 Å². The number of morpholine rings is 1. The fourth-order valence-corrected chi connectivity index (χ4v) is 3.53. The van der Waals surface area contributed by atoms with Gasteiger partial charge in [0.1, 0.15) is 5.82 Å². The summed E-state index contributed by atoms with van der Waals surface area (Å²) >= 11 is 7.98. The predicted molar refractivity (Wildman–Crippen MR) is 79.1 cm³/mol. The normalized spacial score (nSPS) is 25.4.